The Morgan fingerprint density at radius 2 is 2.35 bits per heavy atom. The highest BCUT2D eigenvalue weighted by Gasteiger charge is 2.13. The molecule has 0 aliphatic heterocycles. The van der Waals surface area contributed by atoms with Gasteiger partial charge in [0, 0.05) is 12.5 Å². The molecule has 0 fully saturated rings. The summed E-state index contributed by atoms with van der Waals surface area (Å²) in [6.45, 7) is 4.18. The van der Waals surface area contributed by atoms with Crippen LogP contribution in [0.25, 0.3) is 10.2 Å². The topological polar surface area (TPSA) is 68.0 Å². The van der Waals surface area contributed by atoms with Crippen molar-refractivity contribution in [3.63, 3.8) is 0 Å². The van der Waals surface area contributed by atoms with Gasteiger partial charge in [-0.1, -0.05) is 24.3 Å². The fourth-order valence-corrected chi connectivity index (χ4v) is 2.39. The second kappa shape index (κ2) is 4.81. The molecule has 0 radical (unpaired) electrons. The number of rotatable bonds is 3. The first-order chi connectivity index (χ1) is 8.10. The van der Waals surface area contributed by atoms with Gasteiger partial charge >= 0.3 is 0 Å². The Hall–Kier alpha value is -1.46. The van der Waals surface area contributed by atoms with Crippen molar-refractivity contribution in [1.82, 2.24) is 4.98 Å². The van der Waals surface area contributed by atoms with Crippen molar-refractivity contribution in [1.29, 1.82) is 0 Å². The number of nitrogens with zero attached hydrogens (tertiary/aromatic N) is 1. The number of thiazole rings is 1. The summed E-state index contributed by atoms with van der Waals surface area (Å²) in [4.78, 5) is 16.0. The third kappa shape index (κ3) is 2.62. The molecule has 1 aromatic carbocycles. The largest absolute Gasteiger partial charge is 0.330 e. The minimum Gasteiger partial charge on any atom is -0.330 e. The molecule has 0 spiro atoms. The summed E-state index contributed by atoms with van der Waals surface area (Å²) in [6.07, 6.45) is 0. The number of fused-ring (bicyclic) bond motifs is 1. The van der Waals surface area contributed by atoms with Gasteiger partial charge < -0.3 is 11.1 Å². The summed E-state index contributed by atoms with van der Waals surface area (Å²) < 4.78 is 1.08. The van der Waals surface area contributed by atoms with E-state index in [1.165, 1.54) is 16.9 Å². The molecule has 3 N–H and O–H groups in total. The minimum absolute atomic E-state index is 0.0803. The lowest BCUT2D eigenvalue weighted by Gasteiger charge is -2.06. The van der Waals surface area contributed by atoms with Crippen LogP contribution in [-0.2, 0) is 4.79 Å². The zero-order chi connectivity index (χ0) is 12.4. The van der Waals surface area contributed by atoms with Crippen LogP contribution >= 0.6 is 11.3 Å². The number of carbonyl (C=O) groups excluding carboxylic acids is 1. The van der Waals surface area contributed by atoms with Crippen LogP contribution in [0.2, 0.25) is 0 Å². The van der Waals surface area contributed by atoms with E-state index in [4.69, 9.17) is 5.73 Å². The van der Waals surface area contributed by atoms with E-state index in [1.807, 2.05) is 19.1 Å². The Labute approximate surface area is 104 Å². The van der Waals surface area contributed by atoms with Gasteiger partial charge in [-0.05, 0) is 24.6 Å². The summed E-state index contributed by atoms with van der Waals surface area (Å²) >= 11 is 1.48. The maximum Gasteiger partial charge on any atom is 0.230 e. The molecule has 1 atom stereocenters. The molecule has 4 nitrogen and oxygen atoms in total. The predicted octanol–water partition coefficient (Wildman–Crippen LogP) is 2.14. The maximum absolute atomic E-state index is 11.7. The number of benzene rings is 1. The minimum atomic E-state index is -0.191. The van der Waals surface area contributed by atoms with Crippen molar-refractivity contribution in [2.75, 3.05) is 11.9 Å². The van der Waals surface area contributed by atoms with Gasteiger partial charge in [0.15, 0.2) is 5.13 Å². The van der Waals surface area contributed by atoms with E-state index in [2.05, 4.69) is 16.4 Å². The Kier molecular flexibility index (Phi) is 3.40. The van der Waals surface area contributed by atoms with Crippen LogP contribution in [0.4, 0.5) is 5.13 Å². The van der Waals surface area contributed by atoms with Crippen LogP contribution in [0.5, 0.6) is 0 Å². The smallest absolute Gasteiger partial charge is 0.230 e. The average Bonchev–Trinajstić information content (AvgIpc) is 2.69. The number of carbonyl (C=O) groups is 1. The van der Waals surface area contributed by atoms with E-state index in [0.29, 0.717) is 11.7 Å². The van der Waals surface area contributed by atoms with Gasteiger partial charge in [-0.15, -0.1) is 0 Å². The van der Waals surface area contributed by atoms with Crippen molar-refractivity contribution in [3.05, 3.63) is 23.8 Å². The first kappa shape index (κ1) is 12.0. The van der Waals surface area contributed by atoms with Crippen molar-refractivity contribution in [2.24, 2.45) is 11.7 Å². The zero-order valence-corrected chi connectivity index (χ0v) is 10.7. The highest BCUT2D eigenvalue weighted by atomic mass is 32.1. The first-order valence-electron chi connectivity index (χ1n) is 5.48. The van der Waals surface area contributed by atoms with Gasteiger partial charge in [-0.2, -0.15) is 0 Å². The van der Waals surface area contributed by atoms with Crippen molar-refractivity contribution >= 4 is 32.6 Å². The first-order valence-corrected chi connectivity index (χ1v) is 6.30. The van der Waals surface area contributed by atoms with E-state index < -0.39 is 0 Å². The number of amides is 1. The summed E-state index contributed by atoms with van der Waals surface area (Å²) in [5, 5.41) is 3.43. The number of nitrogens with two attached hydrogens (primary N) is 1. The summed E-state index contributed by atoms with van der Waals surface area (Å²) in [5.41, 5.74) is 7.55. The highest BCUT2D eigenvalue weighted by Crippen LogP contribution is 2.26. The molecule has 0 saturated heterocycles. The molecule has 0 bridgehead atoms. The predicted molar refractivity (Wildman–Crippen MR) is 71.2 cm³/mol. The zero-order valence-electron chi connectivity index (χ0n) is 9.86. The van der Waals surface area contributed by atoms with Crippen LogP contribution in [0.15, 0.2) is 18.2 Å². The lowest BCUT2D eigenvalue weighted by molar-refractivity contribution is -0.119. The molecular weight excluding hydrogens is 234 g/mol. The van der Waals surface area contributed by atoms with Gasteiger partial charge in [-0.3, -0.25) is 4.79 Å². The van der Waals surface area contributed by atoms with Gasteiger partial charge in [0.05, 0.1) is 10.2 Å². The Morgan fingerprint density at radius 1 is 1.59 bits per heavy atom. The summed E-state index contributed by atoms with van der Waals surface area (Å²) in [6, 6.07) is 6.04. The second-order valence-corrected chi connectivity index (χ2v) is 5.15. The number of hydrogen-bond donors (Lipinski definition) is 2. The molecule has 1 aromatic heterocycles. The van der Waals surface area contributed by atoms with Crippen LogP contribution in [0.3, 0.4) is 0 Å². The fraction of sp³-hybridized carbons (Fsp3) is 0.333. The van der Waals surface area contributed by atoms with Gasteiger partial charge in [-0.25, -0.2) is 4.98 Å². The average molecular weight is 249 g/mol. The van der Waals surface area contributed by atoms with Gasteiger partial charge in [0.1, 0.15) is 0 Å². The third-order valence-electron chi connectivity index (χ3n) is 2.58. The fourth-order valence-electron chi connectivity index (χ4n) is 1.42. The van der Waals surface area contributed by atoms with Crippen LogP contribution in [0, 0.1) is 12.8 Å². The molecule has 2 rings (SSSR count). The van der Waals surface area contributed by atoms with E-state index in [9.17, 15) is 4.79 Å². The van der Waals surface area contributed by atoms with Crippen molar-refractivity contribution in [3.8, 4) is 0 Å². The van der Waals surface area contributed by atoms with Gasteiger partial charge in [0.25, 0.3) is 0 Å². The normalized spacial score (nSPS) is 12.6. The molecule has 1 heterocycles. The van der Waals surface area contributed by atoms with Gasteiger partial charge in [0.2, 0.25) is 5.91 Å². The quantitative estimate of drug-likeness (QED) is 0.875. The van der Waals surface area contributed by atoms with E-state index in [-0.39, 0.29) is 11.8 Å². The molecule has 0 saturated carbocycles. The van der Waals surface area contributed by atoms with E-state index >= 15 is 0 Å². The Morgan fingerprint density at radius 3 is 3.06 bits per heavy atom. The lowest BCUT2D eigenvalue weighted by Crippen LogP contribution is -2.26. The SMILES string of the molecule is Cc1ccc2nc(NC(=O)C(C)CN)sc2c1. The number of nitrogens with one attached hydrogen (secondary N) is 1. The standard InChI is InChI=1S/C12H15N3OS/c1-7-3-4-9-10(5-7)17-12(14-9)15-11(16)8(2)6-13/h3-5,8H,6,13H2,1-2H3,(H,14,15,16). The molecule has 0 aliphatic carbocycles. The van der Waals surface area contributed by atoms with Crippen LogP contribution in [0.1, 0.15) is 12.5 Å². The molecule has 2 aromatic rings. The molecule has 1 amide bonds. The number of anilines is 1. The highest BCUT2D eigenvalue weighted by molar-refractivity contribution is 7.22. The summed E-state index contributed by atoms with van der Waals surface area (Å²) in [7, 11) is 0. The maximum atomic E-state index is 11.7. The summed E-state index contributed by atoms with van der Waals surface area (Å²) in [5.74, 6) is -0.271. The molecule has 0 aliphatic rings. The molecular formula is C12H15N3OS. The Balaban J connectivity index is 2.22. The van der Waals surface area contributed by atoms with Crippen molar-refractivity contribution < 1.29 is 4.79 Å². The van der Waals surface area contributed by atoms with Crippen LogP contribution < -0.4 is 11.1 Å². The molecule has 17 heavy (non-hydrogen) atoms. The number of aromatic nitrogens is 1. The Bertz CT molecular complexity index is 550. The number of hydrogen-bond acceptors (Lipinski definition) is 4. The van der Waals surface area contributed by atoms with E-state index in [0.717, 1.165) is 10.2 Å². The lowest BCUT2D eigenvalue weighted by atomic mass is 10.2. The molecule has 1 unspecified atom stereocenters. The number of aryl methyl sites for hydroxylation is 1. The van der Waals surface area contributed by atoms with Crippen LogP contribution in [-0.4, -0.2) is 17.4 Å². The van der Waals surface area contributed by atoms with E-state index in [1.54, 1.807) is 6.92 Å². The molecule has 5 heteroatoms. The van der Waals surface area contributed by atoms with Crippen molar-refractivity contribution in [2.45, 2.75) is 13.8 Å². The second-order valence-electron chi connectivity index (χ2n) is 4.12. The third-order valence-corrected chi connectivity index (χ3v) is 3.51. The monoisotopic (exact) mass is 249 g/mol. The molecule has 90 valence electrons.